The van der Waals surface area contributed by atoms with E-state index in [1.807, 2.05) is 4.90 Å². The molecule has 0 bridgehead atoms. The molecule has 6 nitrogen and oxygen atoms in total. The van der Waals surface area contributed by atoms with Crippen LogP contribution in [-0.4, -0.2) is 49.6 Å². The Morgan fingerprint density at radius 1 is 1.44 bits per heavy atom. The average molecular weight is 314 g/mol. The minimum Gasteiger partial charge on any atom is -0.369 e. The molecular weight excluding hydrogens is 298 g/mol. The number of alkyl halides is 1. The topological polar surface area (TPSA) is 92.5 Å². The summed E-state index contributed by atoms with van der Waals surface area (Å²) in [6, 6.07) is -0.0355. The molecule has 1 aliphatic heterocycles. The summed E-state index contributed by atoms with van der Waals surface area (Å²) in [6.45, 7) is 1.63. The molecule has 0 saturated carbocycles. The van der Waals surface area contributed by atoms with Gasteiger partial charge in [0.1, 0.15) is 4.66 Å². The van der Waals surface area contributed by atoms with Gasteiger partial charge in [-0.05, 0) is 12.8 Å². The minimum absolute atomic E-state index is 0.0355. The van der Waals surface area contributed by atoms with Crippen LogP contribution >= 0.6 is 15.9 Å². The van der Waals surface area contributed by atoms with Crippen LogP contribution in [0, 0.1) is 0 Å². The number of nitrogens with two attached hydrogens (primary N) is 1. The number of sulfonamides is 1. The molecule has 3 N–H and O–H groups in total. The fourth-order valence-electron chi connectivity index (χ4n) is 1.71. The molecule has 8 heteroatoms. The number of hydrogen-bond acceptors (Lipinski definition) is 4. The number of halogens is 1. The number of nitrogens with zero attached hydrogens (tertiary/aromatic N) is 1. The fraction of sp³-hybridized carbons (Fsp3) is 0.875. The van der Waals surface area contributed by atoms with Crippen molar-refractivity contribution in [3.63, 3.8) is 0 Å². The number of amides is 1. The van der Waals surface area contributed by atoms with Crippen molar-refractivity contribution >= 4 is 31.9 Å². The van der Waals surface area contributed by atoms with Crippen molar-refractivity contribution in [2.75, 3.05) is 24.3 Å². The molecule has 1 rings (SSSR count). The number of primary amides is 1. The number of nitrogens with one attached hydrogen (secondary N) is 1. The summed E-state index contributed by atoms with van der Waals surface area (Å²) in [5, 5.41) is 0. The summed E-state index contributed by atoms with van der Waals surface area (Å²) < 4.78 is 25.1. The van der Waals surface area contributed by atoms with E-state index in [1.165, 1.54) is 0 Å². The number of likely N-dealkylation sites (tertiary alicyclic amines) is 1. The molecule has 0 radical (unpaired) electrons. The number of carbonyl (C=O) groups excluding carboxylic acids is 1. The molecule has 1 aliphatic rings. The van der Waals surface area contributed by atoms with Gasteiger partial charge in [-0.3, -0.25) is 9.69 Å². The van der Waals surface area contributed by atoms with E-state index in [0.717, 1.165) is 0 Å². The van der Waals surface area contributed by atoms with Gasteiger partial charge < -0.3 is 5.73 Å². The SMILES string of the molecule is NC(=O)CN1CCC(NS(=O)(=O)CBr)CC1. The number of carbonyl (C=O) groups is 1. The van der Waals surface area contributed by atoms with Crippen LogP contribution in [0.5, 0.6) is 0 Å². The summed E-state index contributed by atoms with van der Waals surface area (Å²) in [6.07, 6.45) is 1.42. The number of piperidine rings is 1. The Bertz CT molecular complexity index is 338. The van der Waals surface area contributed by atoms with Gasteiger partial charge in [0.2, 0.25) is 15.9 Å². The molecule has 0 aliphatic carbocycles. The smallest absolute Gasteiger partial charge is 0.231 e. The second-order valence-electron chi connectivity index (χ2n) is 3.86. The van der Waals surface area contributed by atoms with Crippen LogP contribution in [0.2, 0.25) is 0 Å². The summed E-state index contributed by atoms with van der Waals surface area (Å²) >= 11 is 2.92. The zero-order chi connectivity index (χ0) is 12.2. The van der Waals surface area contributed by atoms with Crippen LogP contribution in [0.15, 0.2) is 0 Å². The van der Waals surface area contributed by atoms with Crippen molar-refractivity contribution in [1.29, 1.82) is 0 Å². The standard InChI is InChI=1S/C8H16BrN3O3S/c9-6-16(14,15)11-7-1-3-12(4-2-7)5-8(10)13/h7,11H,1-6H2,(H2,10,13). The van der Waals surface area contributed by atoms with Crippen LogP contribution in [0.1, 0.15) is 12.8 Å². The van der Waals surface area contributed by atoms with Crippen LogP contribution in [0.25, 0.3) is 0 Å². The van der Waals surface area contributed by atoms with Crippen LogP contribution < -0.4 is 10.5 Å². The van der Waals surface area contributed by atoms with E-state index >= 15 is 0 Å². The Kier molecular flexibility index (Phi) is 5.16. The first-order valence-corrected chi connectivity index (χ1v) is 7.77. The maximum Gasteiger partial charge on any atom is 0.231 e. The van der Waals surface area contributed by atoms with Crippen molar-refractivity contribution in [2.24, 2.45) is 5.73 Å². The summed E-state index contributed by atoms with van der Waals surface area (Å²) in [7, 11) is -3.20. The Labute approximate surface area is 104 Å². The van der Waals surface area contributed by atoms with Gasteiger partial charge >= 0.3 is 0 Å². The lowest BCUT2D eigenvalue weighted by atomic mass is 10.1. The lowest BCUT2D eigenvalue weighted by Crippen LogP contribution is -2.46. The molecule has 94 valence electrons. The monoisotopic (exact) mass is 313 g/mol. The van der Waals surface area contributed by atoms with Gasteiger partial charge in [0.25, 0.3) is 0 Å². The third-order valence-corrected chi connectivity index (χ3v) is 5.24. The lowest BCUT2D eigenvalue weighted by molar-refractivity contribution is -0.119. The van der Waals surface area contributed by atoms with E-state index in [-0.39, 0.29) is 23.2 Å². The zero-order valence-electron chi connectivity index (χ0n) is 8.86. The van der Waals surface area contributed by atoms with Crippen LogP contribution in [0.4, 0.5) is 0 Å². The van der Waals surface area contributed by atoms with Gasteiger partial charge in [-0.2, -0.15) is 0 Å². The van der Waals surface area contributed by atoms with E-state index in [2.05, 4.69) is 20.7 Å². The summed E-state index contributed by atoms with van der Waals surface area (Å²) in [5.41, 5.74) is 5.08. The Morgan fingerprint density at radius 2 is 2.00 bits per heavy atom. The van der Waals surface area contributed by atoms with E-state index in [1.54, 1.807) is 0 Å². The maximum atomic E-state index is 11.3. The molecule has 1 amide bonds. The molecular formula is C8H16BrN3O3S. The van der Waals surface area contributed by atoms with Gasteiger partial charge in [0, 0.05) is 19.1 Å². The first kappa shape index (κ1) is 13.9. The highest BCUT2D eigenvalue weighted by atomic mass is 79.9. The third kappa shape index (κ3) is 4.77. The van der Waals surface area contributed by atoms with Crippen molar-refractivity contribution < 1.29 is 13.2 Å². The van der Waals surface area contributed by atoms with E-state index in [4.69, 9.17) is 5.73 Å². The van der Waals surface area contributed by atoms with Gasteiger partial charge in [-0.15, -0.1) is 0 Å². The Balaban J connectivity index is 2.35. The largest absolute Gasteiger partial charge is 0.369 e. The van der Waals surface area contributed by atoms with E-state index in [9.17, 15) is 13.2 Å². The predicted molar refractivity (Wildman–Crippen MR) is 64.5 cm³/mol. The lowest BCUT2D eigenvalue weighted by Gasteiger charge is -2.31. The highest BCUT2D eigenvalue weighted by molar-refractivity contribution is 9.10. The molecule has 16 heavy (non-hydrogen) atoms. The highest BCUT2D eigenvalue weighted by Crippen LogP contribution is 2.11. The van der Waals surface area contributed by atoms with Gasteiger partial charge in [-0.25, -0.2) is 13.1 Å². The summed E-state index contributed by atoms with van der Waals surface area (Å²) in [4.78, 5) is 12.6. The van der Waals surface area contributed by atoms with Gasteiger partial charge in [0.05, 0.1) is 6.54 Å². The van der Waals surface area contributed by atoms with Gasteiger partial charge in [0.15, 0.2) is 0 Å². The molecule has 0 atom stereocenters. The van der Waals surface area contributed by atoms with E-state index in [0.29, 0.717) is 25.9 Å². The second-order valence-corrected chi connectivity index (χ2v) is 6.92. The molecule has 1 saturated heterocycles. The van der Waals surface area contributed by atoms with Crippen molar-refractivity contribution in [1.82, 2.24) is 9.62 Å². The Hall–Kier alpha value is -0.180. The second kappa shape index (κ2) is 5.95. The van der Waals surface area contributed by atoms with Crippen LogP contribution in [0.3, 0.4) is 0 Å². The van der Waals surface area contributed by atoms with Crippen molar-refractivity contribution in [3.8, 4) is 0 Å². The van der Waals surface area contributed by atoms with Crippen molar-refractivity contribution in [2.45, 2.75) is 18.9 Å². The zero-order valence-corrected chi connectivity index (χ0v) is 11.3. The quantitative estimate of drug-likeness (QED) is 0.650. The molecule has 0 aromatic carbocycles. The first-order valence-electron chi connectivity index (χ1n) is 4.99. The molecule has 1 heterocycles. The summed E-state index contributed by atoms with van der Waals surface area (Å²) in [5.74, 6) is -0.348. The molecule has 1 fully saturated rings. The first-order chi connectivity index (χ1) is 7.43. The fourth-order valence-corrected chi connectivity index (χ4v) is 2.92. The number of rotatable bonds is 5. The third-order valence-electron chi connectivity index (χ3n) is 2.46. The van der Waals surface area contributed by atoms with Crippen molar-refractivity contribution in [3.05, 3.63) is 0 Å². The Morgan fingerprint density at radius 3 is 2.44 bits per heavy atom. The van der Waals surface area contributed by atoms with Crippen LogP contribution in [-0.2, 0) is 14.8 Å². The van der Waals surface area contributed by atoms with Gasteiger partial charge in [-0.1, -0.05) is 15.9 Å². The minimum atomic E-state index is -3.20. The predicted octanol–water partition coefficient (Wildman–Crippen LogP) is -0.792. The number of hydrogen-bond donors (Lipinski definition) is 2. The molecule has 0 spiro atoms. The van der Waals surface area contributed by atoms with E-state index < -0.39 is 10.0 Å². The highest BCUT2D eigenvalue weighted by Gasteiger charge is 2.23. The average Bonchev–Trinajstić information content (AvgIpc) is 2.20. The maximum absolute atomic E-state index is 11.3. The normalized spacial score (nSPS) is 19.8. The molecule has 0 aromatic heterocycles. The molecule has 0 unspecified atom stereocenters. The molecule has 0 aromatic rings.